The second kappa shape index (κ2) is 15.7. The maximum atomic E-state index is 5.24. The summed E-state index contributed by atoms with van der Waals surface area (Å²) in [4.78, 5) is 0. The van der Waals surface area contributed by atoms with Crippen molar-refractivity contribution in [1.82, 2.24) is 0 Å². The van der Waals surface area contributed by atoms with Gasteiger partial charge in [0.05, 0.1) is 0 Å². The van der Waals surface area contributed by atoms with Crippen molar-refractivity contribution in [1.29, 1.82) is 0 Å². The first-order valence-corrected chi connectivity index (χ1v) is 3.01. The Morgan fingerprint density at radius 2 is 1.50 bits per heavy atom. The lowest BCUT2D eigenvalue weighted by molar-refractivity contribution is 0.182. The molecular weight excluding hydrogens is 170 g/mol. The van der Waals surface area contributed by atoms with E-state index in [1.807, 2.05) is 0 Å². The van der Waals surface area contributed by atoms with Gasteiger partial charge < -0.3 is 4.74 Å². The zero-order valence-corrected chi connectivity index (χ0v) is 7.48. The average Bonchev–Trinajstić information content (AvgIpc) is 1.73. The van der Waals surface area contributed by atoms with Crippen molar-refractivity contribution in [2.45, 2.75) is 12.5 Å². The van der Waals surface area contributed by atoms with Crippen molar-refractivity contribution in [3.63, 3.8) is 0 Å². The second-order valence-corrected chi connectivity index (χ2v) is 1.39. The zero-order chi connectivity index (χ0) is 6.28. The van der Waals surface area contributed by atoms with Crippen LogP contribution in [0.3, 0.4) is 0 Å². The lowest BCUT2D eigenvalue weighted by atomic mass is 10.9. The number of hydrogen-bond acceptors (Lipinski definition) is 1. The summed E-state index contributed by atoms with van der Waals surface area (Å²) in [6, 6.07) is 0. The molecule has 0 spiro atoms. The molecule has 0 bridgehead atoms. The molecule has 0 saturated heterocycles. The highest BCUT2D eigenvalue weighted by Crippen LogP contribution is 1.89. The molecule has 0 N–H and O–H groups in total. The molecule has 0 saturated carbocycles. The molecule has 1 nitrogen and oxygen atoms in total. The molecule has 0 aromatic carbocycles. The summed E-state index contributed by atoms with van der Waals surface area (Å²) in [6.45, 7) is 1.77. The molecule has 0 heterocycles. The number of rotatable bonds is 1. The van der Waals surface area contributed by atoms with E-state index in [-0.39, 0.29) is 18.0 Å². The molecule has 0 amide bonds. The van der Waals surface area contributed by atoms with E-state index in [1.54, 1.807) is 14.0 Å². The number of halogens is 3. The van der Waals surface area contributed by atoms with Gasteiger partial charge in [-0.15, -0.1) is 24.0 Å². The minimum absolute atomic E-state index is 0. The van der Waals surface area contributed by atoms with Crippen LogP contribution in [0.2, 0.25) is 0 Å². The van der Waals surface area contributed by atoms with Gasteiger partial charge in [0.15, 0.2) is 0 Å². The van der Waals surface area contributed by atoms with E-state index in [4.69, 9.17) is 11.6 Å². The first kappa shape index (κ1) is 15.9. The molecule has 54 valence electrons. The lowest BCUT2D eigenvalue weighted by Crippen LogP contribution is -1.89. The summed E-state index contributed by atoms with van der Waals surface area (Å²) in [6.07, 6.45) is 1.47. The fourth-order valence-corrected chi connectivity index (χ4v) is 0. The molecule has 0 aromatic rings. The first-order valence-electron chi connectivity index (χ1n) is 1.82. The van der Waals surface area contributed by atoms with E-state index in [0.717, 1.165) is 0 Å². The molecule has 1 unspecified atom stereocenters. The number of methoxy groups -OCH3 is 1. The Morgan fingerprint density at radius 1 is 1.38 bits per heavy atom. The molecule has 0 aliphatic rings. The van der Waals surface area contributed by atoms with Gasteiger partial charge in [-0.2, -0.15) is 0 Å². The van der Waals surface area contributed by atoms with Gasteiger partial charge in [0.25, 0.3) is 0 Å². The molecule has 0 fully saturated rings. The zero-order valence-electron chi connectivity index (χ0n) is 5.15. The molecule has 0 rings (SSSR count). The molecule has 1 atom stereocenters. The van der Waals surface area contributed by atoms with Gasteiger partial charge in [-0.25, -0.2) is 0 Å². The van der Waals surface area contributed by atoms with Crippen LogP contribution in [0, 0.1) is 0 Å². The largest absolute Gasteiger partial charge is 0.366 e. The van der Waals surface area contributed by atoms with E-state index in [1.165, 1.54) is 6.38 Å². The van der Waals surface area contributed by atoms with Gasteiger partial charge in [0, 0.05) is 13.5 Å². The van der Waals surface area contributed by atoms with Crippen LogP contribution >= 0.6 is 35.6 Å². The van der Waals surface area contributed by atoms with Crippen LogP contribution in [-0.2, 0) is 4.74 Å². The smallest absolute Gasteiger partial charge is 0.128 e. The van der Waals surface area contributed by atoms with E-state index >= 15 is 0 Å². The van der Waals surface area contributed by atoms with Crippen LogP contribution in [0.1, 0.15) is 6.92 Å². The number of hydrogen-bond donors (Lipinski definition) is 0. The SMILES string of the molecule is CCl.COC(C)Cl.Cl. The number of ether oxygens (including phenoxy) is 1. The number of alkyl halides is 2. The predicted octanol–water partition coefficient (Wildman–Crippen LogP) is 2.49. The fourth-order valence-electron chi connectivity index (χ4n) is 0. The summed E-state index contributed by atoms with van der Waals surface area (Å²) >= 11 is 9.88. The van der Waals surface area contributed by atoms with Crippen LogP contribution in [0.4, 0.5) is 0 Å². The van der Waals surface area contributed by atoms with Gasteiger partial charge in [-0.3, -0.25) is 0 Å². The summed E-state index contributed by atoms with van der Waals surface area (Å²) < 4.78 is 4.52. The van der Waals surface area contributed by atoms with Crippen molar-refractivity contribution in [3.05, 3.63) is 0 Å². The van der Waals surface area contributed by atoms with Crippen LogP contribution in [-0.4, -0.2) is 19.1 Å². The van der Waals surface area contributed by atoms with Gasteiger partial charge in [-0.1, -0.05) is 11.6 Å². The maximum Gasteiger partial charge on any atom is 0.128 e. The average molecular weight is 181 g/mol. The van der Waals surface area contributed by atoms with E-state index in [2.05, 4.69) is 16.3 Å². The predicted molar refractivity (Wildman–Crippen MR) is 41.3 cm³/mol. The van der Waals surface area contributed by atoms with Crippen molar-refractivity contribution in [2.24, 2.45) is 0 Å². The Hall–Kier alpha value is 0.830. The van der Waals surface area contributed by atoms with Gasteiger partial charge in [-0.05, 0) is 6.92 Å². The van der Waals surface area contributed by atoms with Crippen LogP contribution in [0.25, 0.3) is 0 Å². The minimum Gasteiger partial charge on any atom is -0.366 e. The third-order valence-electron chi connectivity index (χ3n) is 0.325. The highest BCUT2D eigenvalue weighted by atomic mass is 35.5. The molecule has 4 heteroatoms. The molecule has 0 aromatic heterocycles. The summed E-state index contributed by atoms with van der Waals surface area (Å²) in [5.41, 5.74) is -0.144. The topological polar surface area (TPSA) is 9.23 Å². The van der Waals surface area contributed by atoms with Gasteiger partial charge in [0.2, 0.25) is 0 Å². The lowest BCUT2D eigenvalue weighted by Gasteiger charge is -1.91. The van der Waals surface area contributed by atoms with Crippen molar-refractivity contribution in [2.75, 3.05) is 13.5 Å². The Balaban J connectivity index is -0.0000000750. The molecule has 0 aliphatic heterocycles. The van der Waals surface area contributed by atoms with Gasteiger partial charge >= 0.3 is 0 Å². The monoisotopic (exact) mass is 180 g/mol. The first-order chi connectivity index (χ1) is 3.27. The molecule has 0 aliphatic carbocycles. The minimum atomic E-state index is -0.144. The third-order valence-corrected chi connectivity index (χ3v) is 0.503. The fraction of sp³-hybridized carbons (Fsp3) is 1.00. The highest BCUT2D eigenvalue weighted by Gasteiger charge is 1.82. The Labute approximate surface area is 66.7 Å². The van der Waals surface area contributed by atoms with Crippen molar-refractivity contribution >= 4 is 35.6 Å². The summed E-state index contributed by atoms with van der Waals surface area (Å²) in [5, 5.41) is 0. The molecular formula is C4H11Cl3O. The van der Waals surface area contributed by atoms with Crippen molar-refractivity contribution < 1.29 is 4.74 Å². The van der Waals surface area contributed by atoms with E-state index in [0.29, 0.717) is 0 Å². The normalized spacial score (nSPS) is 10.1. The van der Waals surface area contributed by atoms with Crippen molar-refractivity contribution in [3.8, 4) is 0 Å². The maximum absolute atomic E-state index is 5.24. The summed E-state index contributed by atoms with van der Waals surface area (Å²) in [7, 11) is 1.57. The second-order valence-electron chi connectivity index (χ2n) is 0.779. The standard InChI is InChI=1S/C3H7ClO.CH3Cl.ClH/c1-3(4)5-2;1-2;/h3H,1-2H3;1H3;1H. The Kier molecular flexibility index (Phi) is 31.2. The molecule has 0 radical (unpaired) electrons. The Morgan fingerprint density at radius 3 is 1.50 bits per heavy atom. The summed E-state index contributed by atoms with van der Waals surface area (Å²) in [5.74, 6) is 0. The molecule has 8 heavy (non-hydrogen) atoms. The third kappa shape index (κ3) is 29.0. The van der Waals surface area contributed by atoms with Crippen LogP contribution in [0.5, 0.6) is 0 Å². The van der Waals surface area contributed by atoms with E-state index < -0.39 is 0 Å². The quantitative estimate of drug-likeness (QED) is 0.565. The highest BCUT2D eigenvalue weighted by molar-refractivity contribution is 6.19. The van der Waals surface area contributed by atoms with Crippen LogP contribution < -0.4 is 0 Å². The Bertz CT molecular complexity index is 25.2. The van der Waals surface area contributed by atoms with E-state index in [9.17, 15) is 0 Å². The van der Waals surface area contributed by atoms with Crippen LogP contribution in [0.15, 0.2) is 0 Å². The van der Waals surface area contributed by atoms with Gasteiger partial charge in [0.1, 0.15) is 5.56 Å².